The van der Waals surface area contributed by atoms with Crippen LogP contribution in [0.3, 0.4) is 0 Å². The maximum absolute atomic E-state index is 12.4. The fraction of sp³-hybridized carbons (Fsp3) is 0.0800. The molecule has 31 heavy (non-hydrogen) atoms. The predicted molar refractivity (Wildman–Crippen MR) is 120 cm³/mol. The average molecular weight is 414 g/mol. The second-order valence-corrected chi connectivity index (χ2v) is 6.72. The summed E-state index contributed by atoms with van der Waals surface area (Å²) in [7, 11) is 0. The molecule has 0 unspecified atom stereocenters. The largest absolute Gasteiger partial charge is 0.451 e. The van der Waals surface area contributed by atoms with Crippen LogP contribution in [0.25, 0.3) is 17.2 Å². The summed E-state index contributed by atoms with van der Waals surface area (Å²) in [4.78, 5) is 36.0. The van der Waals surface area contributed by atoms with E-state index >= 15 is 0 Å². The number of hydrogen-bond acceptors (Lipinski definition) is 4. The van der Waals surface area contributed by atoms with Crippen molar-refractivity contribution in [2.45, 2.75) is 6.92 Å². The number of rotatable bonds is 7. The van der Waals surface area contributed by atoms with Crippen LogP contribution >= 0.6 is 0 Å². The SMILES string of the molecule is CC(=O)N/C(=C/c1ccccc1)C(=O)OCC(=O)Nc1ccc(-c2ccccc2)cc1. The molecule has 2 amide bonds. The molecule has 0 aromatic heterocycles. The van der Waals surface area contributed by atoms with Gasteiger partial charge in [0.05, 0.1) is 0 Å². The van der Waals surface area contributed by atoms with Gasteiger partial charge in [-0.3, -0.25) is 9.59 Å². The van der Waals surface area contributed by atoms with Crippen molar-refractivity contribution < 1.29 is 19.1 Å². The normalized spacial score (nSPS) is 10.8. The highest BCUT2D eigenvalue weighted by Gasteiger charge is 2.15. The van der Waals surface area contributed by atoms with Gasteiger partial charge in [0.15, 0.2) is 6.61 Å². The van der Waals surface area contributed by atoms with Gasteiger partial charge in [-0.1, -0.05) is 72.8 Å². The van der Waals surface area contributed by atoms with Crippen molar-refractivity contribution in [1.82, 2.24) is 5.32 Å². The van der Waals surface area contributed by atoms with E-state index in [1.807, 2.05) is 48.5 Å². The third-order valence-electron chi connectivity index (χ3n) is 4.25. The summed E-state index contributed by atoms with van der Waals surface area (Å²) < 4.78 is 5.07. The van der Waals surface area contributed by atoms with E-state index in [4.69, 9.17) is 4.74 Å². The van der Waals surface area contributed by atoms with Gasteiger partial charge in [-0.05, 0) is 34.9 Å². The Morgan fingerprint density at radius 2 is 1.39 bits per heavy atom. The van der Waals surface area contributed by atoms with Crippen LogP contribution < -0.4 is 10.6 Å². The highest BCUT2D eigenvalue weighted by Crippen LogP contribution is 2.21. The van der Waals surface area contributed by atoms with Gasteiger partial charge in [0.1, 0.15) is 5.70 Å². The molecule has 0 atom stereocenters. The first kappa shape index (κ1) is 21.5. The Morgan fingerprint density at radius 3 is 2.00 bits per heavy atom. The van der Waals surface area contributed by atoms with Crippen molar-refractivity contribution in [2.75, 3.05) is 11.9 Å². The first-order chi connectivity index (χ1) is 15.0. The minimum atomic E-state index is -0.798. The van der Waals surface area contributed by atoms with Gasteiger partial charge in [-0.25, -0.2) is 4.79 Å². The minimum Gasteiger partial charge on any atom is -0.451 e. The van der Waals surface area contributed by atoms with Gasteiger partial charge in [0, 0.05) is 12.6 Å². The molecule has 6 nitrogen and oxygen atoms in total. The van der Waals surface area contributed by atoms with Crippen LogP contribution in [0.4, 0.5) is 5.69 Å². The number of ether oxygens (including phenoxy) is 1. The number of carbonyl (C=O) groups excluding carboxylic acids is 3. The van der Waals surface area contributed by atoms with Crippen molar-refractivity contribution in [3.8, 4) is 11.1 Å². The number of esters is 1. The fourth-order valence-electron chi connectivity index (χ4n) is 2.83. The Balaban J connectivity index is 1.58. The summed E-state index contributed by atoms with van der Waals surface area (Å²) in [5.74, 6) is -1.70. The Kier molecular flexibility index (Phi) is 7.32. The molecule has 0 heterocycles. The van der Waals surface area contributed by atoms with Crippen LogP contribution in [-0.4, -0.2) is 24.4 Å². The molecule has 6 heteroatoms. The van der Waals surface area contributed by atoms with E-state index in [1.54, 1.807) is 36.4 Å². The predicted octanol–water partition coefficient (Wildman–Crippen LogP) is 4.01. The van der Waals surface area contributed by atoms with Gasteiger partial charge >= 0.3 is 5.97 Å². The van der Waals surface area contributed by atoms with Crippen LogP contribution in [0.5, 0.6) is 0 Å². The second kappa shape index (κ2) is 10.5. The maximum Gasteiger partial charge on any atom is 0.355 e. The van der Waals surface area contributed by atoms with Crippen LogP contribution in [-0.2, 0) is 19.1 Å². The highest BCUT2D eigenvalue weighted by atomic mass is 16.5. The van der Waals surface area contributed by atoms with E-state index in [0.29, 0.717) is 11.3 Å². The Morgan fingerprint density at radius 1 is 0.806 bits per heavy atom. The third-order valence-corrected chi connectivity index (χ3v) is 4.25. The number of hydrogen-bond donors (Lipinski definition) is 2. The van der Waals surface area contributed by atoms with Gasteiger partial charge in [-0.15, -0.1) is 0 Å². The first-order valence-electron chi connectivity index (χ1n) is 9.68. The molecule has 0 spiro atoms. The summed E-state index contributed by atoms with van der Waals surface area (Å²) in [6, 6.07) is 26.2. The van der Waals surface area contributed by atoms with Gasteiger partial charge in [-0.2, -0.15) is 0 Å². The van der Waals surface area contributed by atoms with Crippen LogP contribution in [0.1, 0.15) is 12.5 Å². The summed E-state index contributed by atoms with van der Waals surface area (Å²) in [6.45, 7) is 0.808. The van der Waals surface area contributed by atoms with E-state index < -0.39 is 24.4 Å². The minimum absolute atomic E-state index is 0.0429. The first-order valence-corrected chi connectivity index (χ1v) is 9.68. The lowest BCUT2D eigenvalue weighted by atomic mass is 10.1. The molecule has 0 fully saturated rings. The summed E-state index contributed by atoms with van der Waals surface area (Å²) >= 11 is 0. The zero-order valence-corrected chi connectivity index (χ0v) is 17.0. The van der Waals surface area contributed by atoms with Crippen molar-refractivity contribution in [1.29, 1.82) is 0 Å². The summed E-state index contributed by atoms with van der Waals surface area (Å²) in [5, 5.41) is 5.12. The van der Waals surface area contributed by atoms with Crippen molar-refractivity contribution in [3.05, 3.63) is 96.2 Å². The molecule has 3 aromatic rings. The molecule has 3 rings (SSSR count). The molecular formula is C25H22N2O4. The average Bonchev–Trinajstić information content (AvgIpc) is 2.78. The van der Waals surface area contributed by atoms with Crippen LogP contribution in [0.15, 0.2) is 90.6 Å². The van der Waals surface area contributed by atoms with E-state index in [1.165, 1.54) is 13.0 Å². The molecule has 0 radical (unpaired) electrons. The number of nitrogens with one attached hydrogen (secondary N) is 2. The number of benzene rings is 3. The molecule has 0 aliphatic rings. The van der Waals surface area contributed by atoms with Gasteiger partial charge < -0.3 is 15.4 Å². The van der Waals surface area contributed by atoms with E-state index in [0.717, 1.165) is 11.1 Å². The Hall–Kier alpha value is -4.19. The third kappa shape index (κ3) is 6.68. The summed E-state index contributed by atoms with van der Waals surface area (Å²) in [6.07, 6.45) is 1.49. The van der Waals surface area contributed by atoms with E-state index in [9.17, 15) is 14.4 Å². The van der Waals surface area contributed by atoms with Crippen molar-refractivity contribution in [2.24, 2.45) is 0 Å². The standard InChI is InChI=1S/C25H22N2O4/c1-18(28)26-23(16-19-8-4-2-5-9-19)25(30)31-17-24(29)27-22-14-12-21(13-15-22)20-10-6-3-7-11-20/h2-16H,17H2,1H3,(H,26,28)(H,27,29)/b23-16+. The summed E-state index contributed by atoms with van der Waals surface area (Å²) in [5.41, 5.74) is 3.36. The lowest BCUT2D eigenvalue weighted by molar-refractivity contribution is -0.144. The molecule has 3 aromatic carbocycles. The monoisotopic (exact) mass is 414 g/mol. The smallest absolute Gasteiger partial charge is 0.355 e. The van der Waals surface area contributed by atoms with Gasteiger partial charge in [0.25, 0.3) is 5.91 Å². The topological polar surface area (TPSA) is 84.5 Å². The zero-order valence-electron chi connectivity index (χ0n) is 17.0. The molecule has 0 bridgehead atoms. The number of anilines is 1. The number of carbonyl (C=O) groups is 3. The molecule has 0 saturated carbocycles. The van der Waals surface area contributed by atoms with Gasteiger partial charge in [0.2, 0.25) is 5.91 Å². The molecule has 0 aliphatic carbocycles. The fourth-order valence-corrected chi connectivity index (χ4v) is 2.83. The lowest BCUT2D eigenvalue weighted by Crippen LogP contribution is -2.28. The second-order valence-electron chi connectivity index (χ2n) is 6.72. The molecular weight excluding hydrogens is 392 g/mol. The molecule has 0 saturated heterocycles. The highest BCUT2D eigenvalue weighted by molar-refractivity contribution is 5.99. The lowest BCUT2D eigenvalue weighted by Gasteiger charge is -2.10. The van der Waals surface area contributed by atoms with E-state index in [-0.39, 0.29) is 5.70 Å². The van der Waals surface area contributed by atoms with Crippen molar-refractivity contribution >= 4 is 29.5 Å². The Bertz CT molecular complexity index is 1080. The molecule has 0 aliphatic heterocycles. The maximum atomic E-state index is 12.4. The van der Waals surface area contributed by atoms with Crippen LogP contribution in [0.2, 0.25) is 0 Å². The molecule has 2 N–H and O–H groups in total. The quantitative estimate of drug-likeness (QED) is 0.452. The van der Waals surface area contributed by atoms with Crippen LogP contribution in [0, 0.1) is 0 Å². The Labute approximate surface area is 180 Å². The van der Waals surface area contributed by atoms with Crippen molar-refractivity contribution in [3.63, 3.8) is 0 Å². The zero-order chi connectivity index (χ0) is 22.1. The number of amides is 2. The van der Waals surface area contributed by atoms with E-state index in [2.05, 4.69) is 10.6 Å². The molecule has 156 valence electrons.